The van der Waals surface area contributed by atoms with Crippen LogP contribution in [-0.4, -0.2) is 10.2 Å². The minimum atomic E-state index is -0.290. The minimum Gasteiger partial charge on any atom is -0.411 e. The number of benzene rings is 3. The first-order chi connectivity index (χ1) is 12.8. The summed E-state index contributed by atoms with van der Waals surface area (Å²) in [6, 6.07) is 22.8. The van der Waals surface area contributed by atoms with Crippen LogP contribution >= 0.6 is 11.8 Å². The first-order valence-corrected chi connectivity index (χ1v) is 9.12. The summed E-state index contributed by atoms with van der Waals surface area (Å²) in [6.07, 6.45) is 0. The van der Waals surface area contributed by atoms with E-state index < -0.39 is 0 Å². The second kappa shape index (κ2) is 6.11. The Hall–Kier alpha value is -2.92. The average Bonchev–Trinajstić information content (AvgIpc) is 3.27. The molecule has 0 aliphatic heterocycles. The van der Waals surface area contributed by atoms with E-state index in [0.29, 0.717) is 16.7 Å². The van der Waals surface area contributed by atoms with Gasteiger partial charge in [-0.3, -0.25) is 0 Å². The van der Waals surface area contributed by atoms with Crippen molar-refractivity contribution in [2.75, 3.05) is 0 Å². The quantitative estimate of drug-likeness (QED) is 0.467. The summed E-state index contributed by atoms with van der Waals surface area (Å²) in [6.45, 7) is 0. The summed E-state index contributed by atoms with van der Waals surface area (Å²) in [5, 5.41) is 8.90. The summed E-state index contributed by atoms with van der Waals surface area (Å²) in [4.78, 5) is 0. The number of halogens is 1. The lowest BCUT2D eigenvalue weighted by atomic mass is 10.1. The van der Waals surface area contributed by atoms with E-state index in [1.165, 1.54) is 34.4 Å². The minimum absolute atomic E-state index is 0.115. The van der Waals surface area contributed by atoms with E-state index in [-0.39, 0.29) is 11.1 Å². The van der Waals surface area contributed by atoms with E-state index in [4.69, 9.17) is 4.42 Å². The Balaban J connectivity index is 1.50. The molecule has 0 unspecified atom stereocenters. The lowest BCUT2D eigenvalue weighted by molar-refractivity contribution is 0.465. The summed E-state index contributed by atoms with van der Waals surface area (Å²) in [5.74, 6) is 0.106. The van der Waals surface area contributed by atoms with E-state index in [1.807, 2.05) is 0 Å². The topological polar surface area (TPSA) is 38.9 Å². The van der Waals surface area contributed by atoms with Crippen LogP contribution in [0.1, 0.15) is 16.4 Å². The molecule has 0 spiro atoms. The monoisotopic (exact) mass is 360 g/mol. The Morgan fingerprint density at radius 1 is 0.769 bits per heavy atom. The number of nitrogens with zero attached hydrogens (tertiary/aromatic N) is 2. The molecule has 1 aliphatic carbocycles. The van der Waals surface area contributed by atoms with Crippen molar-refractivity contribution in [3.8, 4) is 22.6 Å². The predicted octanol–water partition coefficient (Wildman–Crippen LogP) is 5.74. The zero-order valence-electron chi connectivity index (χ0n) is 13.6. The van der Waals surface area contributed by atoms with Crippen LogP contribution in [0.5, 0.6) is 0 Å². The Bertz CT molecular complexity index is 1050. The van der Waals surface area contributed by atoms with Crippen LogP contribution in [0.4, 0.5) is 4.39 Å². The van der Waals surface area contributed by atoms with Crippen LogP contribution < -0.4 is 0 Å². The first-order valence-electron chi connectivity index (χ1n) is 8.24. The maximum atomic E-state index is 13.1. The number of thioether (sulfide) groups is 1. The largest absolute Gasteiger partial charge is 0.411 e. The lowest BCUT2D eigenvalue weighted by Crippen LogP contribution is -1.91. The third-order valence-electron chi connectivity index (χ3n) is 4.49. The summed E-state index contributed by atoms with van der Waals surface area (Å²) in [7, 11) is 0. The van der Waals surface area contributed by atoms with Crippen LogP contribution in [0, 0.1) is 5.82 Å². The van der Waals surface area contributed by atoms with Gasteiger partial charge in [-0.1, -0.05) is 60.3 Å². The van der Waals surface area contributed by atoms with Gasteiger partial charge in [0.05, 0.1) is 5.25 Å². The number of hydrogen-bond donors (Lipinski definition) is 0. The molecule has 0 saturated carbocycles. The maximum absolute atomic E-state index is 13.1. The molecule has 0 fully saturated rings. The highest BCUT2D eigenvalue weighted by atomic mass is 32.2. The molecular formula is C21H13FN2OS. The highest BCUT2D eigenvalue weighted by molar-refractivity contribution is 7.99. The van der Waals surface area contributed by atoms with Crippen molar-refractivity contribution in [2.24, 2.45) is 0 Å². The highest BCUT2D eigenvalue weighted by Gasteiger charge is 2.30. The maximum Gasteiger partial charge on any atom is 0.277 e. The number of hydrogen-bond acceptors (Lipinski definition) is 4. The van der Waals surface area contributed by atoms with Crippen LogP contribution in [0.3, 0.4) is 0 Å². The van der Waals surface area contributed by atoms with Crippen LogP contribution in [0.15, 0.2) is 82.4 Å². The Labute approximate surface area is 153 Å². The zero-order chi connectivity index (χ0) is 17.5. The fourth-order valence-corrected chi connectivity index (χ4v) is 4.39. The second-order valence-corrected chi connectivity index (χ2v) is 7.11. The molecule has 0 atom stereocenters. The molecule has 0 bridgehead atoms. The number of aromatic nitrogens is 2. The third-order valence-corrected chi connectivity index (χ3v) is 5.60. The van der Waals surface area contributed by atoms with Gasteiger partial charge >= 0.3 is 0 Å². The van der Waals surface area contributed by atoms with Gasteiger partial charge in [0.1, 0.15) is 5.82 Å². The molecule has 0 N–H and O–H groups in total. The molecule has 126 valence electrons. The van der Waals surface area contributed by atoms with Gasteiger partial charge in [-0.05, 0) is 46.5 Å². The molecule has 3 nitrogen and oxygen atoms in total. The normalized spacial score (nSPS) is 12.8. The van der Waals surface area contributed by atoms with Crippen LogP contribution in [0.25, 0.3) is 22.6 Å². The number of rotatable bonds is 3. The molecule has 1 aliphatic rings. The van der Waals surface area contributed by atoms with E-state index >= 15 is 0 Å². The van der Waals surface area contributed by atoms with Gasteiger partial charge in [-0.2, -0.15) is 0 Å². The molecule has 5 heteroatoms. The average molecular weight is 360 g/mol. The smallest absolute Gasteiger partial charge is 0.277 e. The number of fused-ring (bicyclic) bond motifs is 3. The predicted molar refractivity (Wildman–Crippen MR) is 99.3 cm³/mol. The van der Waals surface area contributed by atoms with Crippen molar-refractivity contribution in [3.05, 3.63) is 89.7 Å². The third kappa shape index (κ3) is 2.52. The first kappa shape index (κ1) is 15.3. The summed E-state index contributed by atoms with van der Waals surface area (Å²) in [5.41, 5.74) is 5.70. The lowest BCUT2D eigenvalue weighted by Gasteiger charge is -2.09. The molecule has 1 aromatic heterocycles. The fraction of sp³-hybridized carbons (Fsp3) is 0.0476. The molecule has 0 saturated heterocycles. The van der Waals surface area contributed by atoms with Gasteiger partial charge in [0.2, 0.25) is 5.89 Å². The van der Waals surface area contributed by atoms with E-state index in [9.17, 15) is 4.39 Å². The van der Waals surface area contributed by atoms with Crippen molar-refractivity contribution in [1.29, 1.82) is 0 Å². The molecule has 3 aromatic carbocycles. The van der Waals surface area contributed by atoms with Gasteiger partial charge in [0, 0.05) is 5.56 Å². The Kier molecular flexibility index (Phi) is 3.60. The zero-order valence-corrected chi connectivity index (χ0v) is 14.4. The van der Waals surface area contributed by atoms with Crippen molar-refractivity contribution < 1.29 is 8.81 Å². The van der Waals surface area contributed by atoms with Crippen molar-refractivity contribution in [3.63, 3.8) is 0 Å². The molecular weight excluding hydrogens is 347 g/mol. The van der Waals surface area contributed by atoms with E-state index in [0.717, 1.165) is 0 Å². The molecule has 4 aromatic rings. The Morgan fingerprint density at radius 2 is 1.38 bits per heavy atom. The second-order valence-electron chi connectivity index (χ2n) is 6.05. The van der Waals surface area contributed by atoms with E-state index in [1.54, 1.807) is 23.9 Å². The van der Waals surface area contributed by atoms with Gasteiger partial charge < -0.3 is 4.42 Å². The molecule has 1 heterocycles. The van der Waals surface area contributed by atoms with E-state index in [2.05, 4.69) is 58.7 Å². The molecule has 0 amide bonds. The standard InChI is InChI=1S/C21H13FN2OS/c22-14-11-9-13(10-12-14)20-23-24-21(25-20)26-19-17-7-3-1-5-15(17)16-6-2-4-8-18(16)19/h1-12,19H. The molecule has 26 heavy (non-hydrogen) atoms. The van der Waals surface area contributed by atoms with Gasteiger partial charge in [-0.15, -0.1) is 10.2 Å². The van der Waals surface area contributed by atoms with Crippen LogP contribution in [-0.2, 0) is 0 Å². The SMILES string of the molecule is Fc1ccc(-c2nnc(SC3c4ccccc4-c4ccccc43)o2)cc1. The van der Waals surface area contributed by atoms with Gasteiger partial charge in [-0.25, -0.2) is 4.39 Å². The Morgan fingerprint density at radius 3 is 2.04 bits per heavy atom. The molecule has 5 rings (SSSR count). The fourth-order valence-electron chi connectivity index (χ4n) is 3.30. The van der Waals surface area contributed by atoms with Crippen LogP contribution in [0.2, 0.25) is 0 Å². The highest BCUT2D eigenvalue weighted by Crippen LogP contribution is 2.51. The van der Waals surface area contributed by atoms with Crippen molar-refractivity contribution in [1.82, 2.24) is 10.2 Å². The van der Waals surface area contributed by atoms with Crippen molar-refractivity contribution in [2.45, 2.75) is 10.5 Å². The molecule has 0 radical (unpaired) electrons. The van der Waals surface area contributed by atoms with Crippen molar-refractivity contribution >= 4 is 11.8 Å². The summed E-state index contributed by atoms with van der Waals surface area (Å²) < 4.78 is 18.9. The summed E-state index contributed by atoms with van der Waals surface area (Å²) >= 11 is 1.54. The van der Waals surface area contributed by atoms with Gasteiger partial charge in [0.25, 0.3) is 5.22 Å². The van der Waals surface area contributed by atoms with Gasteiger partial charge in [0.15, 0.2) is 0 Å².